The van der Waals surface area contributed by atoms with Gasteiger partial charge in [-0.05, 0) is 18.4 Å². The second-order valence-electron chi connectivity index (χ2n) is 4.99. The van der Waals surface area contributed by atoms with Crippen molar-refractivity contribution < 1.29 is 4.79 Å². The van der Waals surface area contributed by atoms with Crippen LogP contribution in [0.5, 0.6) is 0 Å². The van der Waals surface area contributed by atoms with Crippen LogP contribution in [-0.4, -0.2) is 39.9 Å². The number of carbonyl (C=O) groups excluding carboxylic acids is 1. The van der Waals surface area contributed by atoms with Crippen molar-refractivity contribution >= 4 is 24.3 Å². The maximum absolute atomic E-state index is 12.2. The maximum Gasteiger partial charge on any atom is 0.272 e. The summed E-state index contributed by atoms with van der Waals surface area (Å²) in [6, 6.07) is 1.78. The lowest BCUT2D eigenvalue weighted by molar-refractivity contribution is 0.0785. The molecule has 1 aliphatic rings. The van der Waals surface area contributed by atoms with Crippen molar-refractivity contribution in [3.8, 4) is 0 Å². The molecule has 4 N–H and O–H groups in total. The zero-order valence-corrected chi connectivity index (χ0v) is 12.0. The molecule has 1 fully saturated rings. The molecule has 0 spiro atoms. The van der Waals surface area contributed by atoms with Crippen LogP contribution in [0, 0.1) is 0 Å². The third kappa shape index (κ3) is 3.54. The summed E-state index contributed by atoms with van der Waals surface area (Å²) in [5.74, 6) is 0.245. The molecular formula is C12H20ClN5O. The molecule has 1 atom stereocenters. The lowest BCUT2D eigenvalue weighted by atomic mass is 10.1. The van der Waals surface area contributed by atoms with E-state index in [2.05, 4.69) is 9.97 Å². The van der Waals surface area contributed by atoms with Gasteiger partial charge in [0.25, 0.3) is 5.91 Å². The molecule has 2 rings (SSSR count). The number of nitrogen functional groups attached to an aromatic ring is 1. The molecule has 0 bridgehead atoms. The first kappa shape index (κ1) is 15.7. The van der Waals surface area contributed by atoms with Crippen molar-refractivity contribution in [1.29, 1.82) is 0 Å². The fourth-order valence-corrected chi connectivity index (χ4v) is 2.02. The normalized spacial score (nSPS) is 18.5. The van der Waals surface area contributed by atoms with Crippen LogP contribution in [-0.2, 0) is 0 Å². The predicted molar refractivity (Wildman–Crippen MR) is 76.3 cm³/mol. The summed E-state index contributed by atoms with van der Waals surface area (Å²) in [7, 11) is 0. The first-order valence-corrected chi connectivity index (χ1v) is 6.16. The van der Waals surface area contributed by atoms with E-state index in [4.69, 9.17) is 11.5 Å². The number of aromatic nitrogens is 2. The SMILES string of the molecule is CC(C)c1cc(C(=O)N2CCC(N)C2)nc(N)n1.Cl. The standard InChI is InChI=1S/C12H19N5O.ClH/c1-7(2)9-5-10(16-12(14)15-9)11(18)17-4-3-8(13)6-17;/h5,7-8H,3-4,6,13H2,1-2H3,(H2,14,15,16);1H. The van der Waals surface area contributed by atoms with E-state index < -0.39 is 0 Å². The zero-order valence-electron chi connectivity index (χ0n) is 11.2. The molecule has 1 saturated heterocycles. The van der Waals surface area contributed by atoms with Crippen LogP contribution in [0.25, 0.3) is 0 Å². The zero-order chi connectivity index (χ0) is 13.3. The van der Waals surface area contributed by atoms with Crippen molar-refractivity contribution in [2.45, 2.75) is 32.2 Å². The first-order valence-electron chi connectivity index (χ1n) is 6.16. The summed E-state index contributed by atoms with van der Waals surface area (Å²) >= 11 is 0. The summed E-state index contributed by atoms with van der Waals surface area (Å²) < 4.78 is 0. The summed E-state index contributed by atoms with van der Waals surface area (Å²) in [6.45, 7) is 5.27. The molecule has 6 nitrogen and oxygen atoms in total. The molecule has 0 aromatic carbocycles. The van der Waals surface area contributed by atoms with Gasteiger partial charge in [-0.2, -0.15) is 0 Å². The largest absolute Gasteiger partial charge is 0.368 e. The Labute approximate surface area is 119 Å². The molecule has 1 unspecified atom stereocenters. The van der Waals surface area contributed by atoms with Gasteiger partial charge in [-0.3, -0.25) is 4.79 Å². The van der Waals surface area contributed by atoms with Crippen LogP contribution >= 0.6 is 12.4 Å². The first-order chi connectivity index (χ1) is 8.47. The van der Waals surface area contributed by atoms with Gasteiger partial charge in [0.15, 0.2) is 0 Å². The minimum Gasteiger partial charge on any atom is -0.368 e. The Balaban J connectivity index is 0.00000180. The number of anilines is 1. The molecule has 19 heavy (non-hydrogen) atoms. The molecule has 1 aliphatic heterocycles. The summed E-state index contributed by atoms with van der Waals surface area (Å²) in [4.78, 5) is 22.1. The lowest BCUT2D eigenvalue weighted by Crippen LogP contribution is -2.32. The minimum atomic E-state index is -0.112. The molecular weight excluding hydrogens is 266 g/mol. The fraction of sp³-hybridized carbons (Fsp3) is 0.583. The topological polar surface area (TPSA) is 98.1 Å². The summed E-state index contributed by atoms with van der Waals surface area (Å²) in [6.07, 6.45) is 0.837. The van der Waals surface area contributed by atoms with Crippen molar-refractivity contribution in [3.05, 3.63) is 17.5 Å². The Morgan fingerprint density at radius 3 is 2.68 bits per heavy atom. The van der Waals surface area contributed by atoms with E-state index >= 15 is 0 Å². The van der Waals surface area contributed by atoms with Crippen LogP contribution < -0.4 is 11.5 Å². The van der Waals surface area contributed by atoms with Crippen molar-refractivity contribution in [1.82, 2.24) is 14.9 Å². The molecule has 0 saturated carbocycles. The Morgan fingerprint density at radius 2 is 2.16 bits per heavy atom. The van der Waals surface area contributed by atoms with Crippen LogP contribution in [0.4, 0.5) is 5.95 Å². The maximum atomic E-state index is 12.2. The van der Waals surface area contributed by atoms with Gasteiger partial charge in [-0.25, -0.2) is 9.97 Å². The minimum absolute atomic E-state index is 0. The van der Waals surface area contributed by atoms with Gasteiger partial charge < -0.3 is 16.4 Å². The number of amides is 1. The van der Waals surface area contributed by atoms with E-state index in [-0.39, 0.29) is 36.2 Å². The number of hydrogen-bond donors (Lipinski definition) is 2. The molecule has 2 heterocycles. The molecule has 1 aromatic heterocycles. The third-order valence-electron chi connectivity index (χ3n) is 3.09. The smallest absolute Gasteiger partial charge is 0.272 e. The van der Waals surface area contributed by atoms with Crippen molar-refractivity contribution in [2.75, 3.05) is 18.8 Å². The number of halogens is 1. The van der Waals surface area contributed by atoms with E-state index in [1.807, 2.05) is 13.8 Å². The van der Waals surface area contributed by atoms with E-state index in [9.17, 15) is 4.79 Å². The highest BCUT2D eigenvalue weighted by atomic mass is 35.5. The van der Waals surface area contributed by atoms with E-state index in [0.717, 1.165) is 12.1 Å². The predicted octanol–water partition coefficient (Wildman–Crippen LogP) is 0.777. The van der Waals surface area contributed by atoms with E-state index in [1.54, 1.807) is 11.0 Å². The Bertz CT molecular complexity index is 465. The molecule has 0 radical (unpaired) electrons. The molecule has 7 heteroatoms. The Morgan fingerprint density at radius 1 is 1.47 bits per heavy atom. The van der Waals surface area contributed by atoms with Gasteiger partial charge in [0, 0.05) is 24.8 Å². The monoisotopic (exact) mass is 285 g/mol. The second kappa shape index (κ2) is 6.16. The fourth-order valence-electron chi connectivity index (χ4n) is 2.02. The number of hydrogen-bond acceptors (Lipinski definition) is 5. The average Bonchev–Trinajstić information content (AvgIpc) is 2.74. The third-order valence-corrected chi connectivity index (χ3v) is 3.09. The van der Waals surface area contributed by atoms with Crippen molar-refractivity contribution in [3.63, 3.8) is 0 Å². The summed E-state index contributed by atoms with van der Waals surface area (Å²) in [5, 5.41) is 0. The quantitative estimate of drug-likeness (QED) is 0.836. The number of nitrogens with zero attached hydrogens (tertiary/aromatic N) is 3. The second-order valence-corrected chi connectivity index (χ2v) is 4.99. The molecule has 0 aliphatic carbocycles. The molecule has 106 valence electrons. The van der Waals surface area contributed by atoms with Crippen LogP contribution in [0.1, 0.15) is 42.4 Å². The highest BCUT2D eigenvalue weighted by Crippen LogP contribution is 2.16. The number of rotatable bonds is 2. The highest BCUT2D eigenvalue weighted by molar-refractivity contribution is 5.92. The van der Waals surface area contributed by atoms with E-state index in [1.165, 1.54) is 0 Å². The van der Waals surface area contributed by atoms with Gasteiger partial charge in [0.05, 0.1) is 0 Å². The van der Waals surface area contributed by atoms with Crippen LogP contribution in [0.2, 0.25) is 0 Å². The van der Waals surface area contributed by atoms with Gasteiger partial charge >= 0.3 is 0 Å². The number of carbonyl (C=O) groups is 1. The Hall–Kier alpha value is -1.40. The van der Waals surface area contributed by atoms with Crippen LogP contribution in [0.3, 0.4) is 0 Å². The van der Waals surface area contributed by atoms with Gasteiger partial charge in [0.1, 0.15) is 5.69 Å². The Kier molecular flexibility index (Phi) is 5.08. The lowest BCUT2D eigenvalue weighted by Gasteiger charge is -2.16. The number of likely N-dealkylation sites (tertiary alicyclic amines) is 1. The molecule has 1 amide bonds. The van der Waals surface area contributed by atoms with Gasteiger partial charge in [-0.15, -0.1) is 12.4 Å². The molecule has 1 aromatic rings. The van der Waals surface area contributed by atoms with E-state index in [0.29, 0.717) is 18.8 Å². The summed E-state index contributed by atoms with van der Waals surface area (Å²) in [5.41, 5.74) is 12.6. The van der Waals surface area contributed by atoms with Gasteiger partial charge in [-0.1, -0.05) is 13.8 Å². The number of nitrogens with two attached hydrogens (primary N) is 2. The average molecular weight is 286 g/mol. The van der Waals surface area contributed by atoms with Crippen molar-refractivity contribution in [2.24, 2.45) is 5.73 Å². The highest BCUT2D eigenvalue weighted by Gasteiger charge is 2.26. The van der Waals surface area contributed by atoms with Gasteiger partial charge in [0.2, 0.25) is 5.95 Å². The van der Waals surface area contributed by atoms with Crippen LogP contribution in [0.15, 0.2) is 6.07 Å².